The lowest BCUT2D eigenvalue weighted by Crippen LogP contribution is -1.93. The molecule has 0 saturated heterocycles. The highest BCUT2D eigenvalue weighted by Gasteiger charge is 2.02. The Kier molecular flexibility index (Phi) is 3.00. The molecule has 0 aliphatic carbocycles. The largest absolute Gasteiger partial charge is 0.495 e. The maximum absolute atomic E-state index is 5.13. The topological polar surface area (TPSA) is 47.0 Å². The molecule has 82 valence electrons. The zero-order valence-corrected chi connectivity index (χ0v) is 9.27. The maximum atomic E-state index is 5.13. The standard InChI is InChI=1S/C12H13N3O/c1-13-12-5-3-4-11(15-12)9-6-10(16-2)8-14-7-9/h3-8H,1-2H3,(H,13,15). The summed E-state index contributed by atoms with van der Waals surface area (Å²) in [5.41, 5.74) is 1.81. The van der Waals surface area contributed by atoms with Gasteiger partial charge in [0.05, 0.1) is 19.0 Å². The van der Waals surface area contributed by atoms with Crippen molar-refractivity contribution in [2.45, 2.75) is 0 Å². The molecule has 4 heteroatoms. The van der Waals surface area contributed by atoms with Gasteiger partial charge in [0.15, 0.2) is 0 Å². The van der Waals surface area contributed by atoms with Crippen molar-refractivity contribution in [1.82, 2.24) is 9.97 Å². The Hall–Kier alpha value is -2.10. The fourth-order valence-corrected chi connectivity index (χ4v) is 1.41. The molecule has 16 heavy (non-hydrogen) atoms. The summed E-state index contributed by atoms with van der Waals surface area (Å²) in [6.07, 6.45) is 3.44. The van der Waals surface area contributed by atoms with Crippen LogP contribution in [-0.2, 0) is 0 Å². The van der Waals surface area contributed by atoms with Gasteiger partial charge in [-0.1, -0.05) is 6.07 Å². The molecule has 0 aromatic carbocycles. The van der Waals surface area contributed by atoms with E-state index in [0.717, 1.165) is 22.8 Å². The molecule has 1 N–H and O–H groups in total. The van der Waals surface area contributed by atoms with Crippen molar-refractivity contribution in [2.24, 2.45) is 0 Å². The van der Waals surface area contributed by atoms with E-state index in [2.05, 4.69) is 15.3 Å². The van der Waals surface area contributed by atoms with Crippen LogP contribution in [0.1, 0.15) is 0 Å². The number of methoxy groups -OCH3 is 1. The Balaban J connectivity index is 2.41. The minimum atomic E-state index is 0.731. The zero-order chi connectivity index (χ0) is 11.4. The summed E-state index contributed by atoms with van der Waals surface area (Å²) < 4.78 is 5.13. The van der Waals surface area contributed by atoms with Crippen LogP contribution in [0.25, 0.3) is 11.3 Å². The SMILES string of the molecule is CNc1cccc(-c2cncc(OC)c2)n1. The van der Waals surface area contributed by atoms with Crippen molar-refractivity contribution in [1.29, 1.82) is 0 Å². The van der Waals surface area contributed by atoms with E-state index in [-0.39, 0.29) is 0 Å². The highest BCUT2D eigenvalue weighted by atomic mass is 16.5. The summed E-state index contributed by atoms with van der Waals surface area (Å²) in [5.74, 6) is 1.56. The Morgan fingerprint density at radius 1 is 1.25 bits per heavy atom. The van der Waals surface area contributed by atoms with Crippen LogP contribution in [0.5, 0.6) is 5.75 Å². The number of hydrogen-bond donors (Lipinski definition) is 1. The summed E-state index contributed by atoms with van der Waals surface area (Å²) in [6, 6.07) is 7.72. The van der Waals surface area contributed by atoms with Crippen LogP contribution in [0, 0.1) is 0 Å². The highest BCUT2D eigenvalue weighted by molar-refractivity contribution is 5.61. The van der Waals surface area contributed by atoms with E-state index in [0.29, 0.717) is 0 Å². The smallest absolute Gasteiger partial charge is 0.137 e. The molecule has 0 saturated carbocycles. The number of aromatic nitrogens is 2. The number of anilines is 1. The fraction of sp³-hybridized carbons (Fsp3) is 0.167. The molecule has 2 aromatic rings. The lowest BCUT2D eigenvalue weighted by atomic mass is 10.2. The van der Waals surface area contributed by atoms with E-state index >= 15 is 0 Å². The van der Waals surface area contributed by atoms with Gasteiger partial charge in [0.2, 0.25) is 0 Å². The number of rotatable bonds is 3. The second kappa shape index (κ2) is 4.61. The first-order valence-corrected chi connectivity index (χ1v) is 4.97. The molecule has 4 nitrogen and oxygen atoms in total. The van der Waals surface area contributed by atoms with E-state index in [4.69, 9.17) is 4.74 Å². The highest BCUT2D eigenvalue weighted by Crippen LogP contribution is 2.21. The predicted molar refractivity (Wildman–Crippen MR) is 63.6 cm³/mol. The quantitative estimate of drug-likeness (QED) is 0.852. The van der Waals surface area contributed by atoms with Crippen LogP contribution in [0.3, 0.4) is 0 Å². The molecule has 0 radical (unpaired) electrons. The van der Waals surface area contributed by atoms with Crippen LogP contribution >= 0.6 is 0 Å². The molecule has 0 aliphatic rings. The molecular weight excluding hydrogens is 202 g/mol. The van der Waals surface area contributed by atoms with Gasteiger partial charge in [-0.15, -0.1) is 0 Å². The summed E-state index contributed by atoms with van der Waals surface area (Å²) in [5, 5.41) is 3.00. The van der Waals surface area contributed by atoms with Crippen LogP contribution in [0.15, 0.2) is 36.7 Å². The molecule has 2 heterocycles. The van der Waals surface area contributed by atoms with Crippen molar-refractivity contribution in [3.05, 3.63) is 36.7 Å². The Bertz CT molecular complexity index is 440. The molecule has 0 aliphatic heterocycles. The van der Waals surface area contributed by atoms with Crippen LogP contribution < -0.4 is 10.1 Å². The second-order valence-corrected chi connectivity index (χ2v) is 3.27. The number of hydrogen-bond acceptors (Lipinski definition) is 4. The van der Waals surface area contributed by atoms with E-state index in [1.807, 2.05) is 31.3 Å². The van der Waals surface area contributed by atoms with Gasteiger partial charge in [0.1, 0.15) is 11.6 Å². The average molecular weight is 215 g/mol. The number of ether oxygens (including phenoxy) is 1. The van der Waals surface area contributed by atoms with E-state index in [9.17, 15) is 0 Å². The monoisotopic (exact) mass is 215 g/mol. The Morgan fingerprint density at radius 2 is 2.12 bits per heavy atom. The summed E-state index contributed by atoms with van der Waals surface area (Å²) >= 11 is 0. The van der Waals surface area contributed by atoms with Gasteiger partial charge < -0.3 is 10.1 Å². The molecule has 0 amide bonds. The summed E-state index contributed by atoms with van der Waals surface area (Å²) in [6.45, 7) is 0. The van der Waals surface area contributed by atoms with Crippen LogP contribution in [-0.4, -0.2) is 24.1 Å². The van der Waals surface area contributed by atoms with Crippen molar-refractivity contribution in [3.8, 4) is 17.0 Å². The van der Waals surface area contributed by atoms with Crippen molar-refractivity contribution in [2.75, 3.05) is 19.5 Å². The molecule has 0 atom stereocenters. The lowest BCUT2D eigenvalue weighted by molar-refractivity contribution is 0.413. The molecule has 0 unspecified atom stereocenters. The molecule has 0 spiro atoms. The molecule has 0 bridgehead atoms. The van der Waals surface area contributed by atoms with E-state index in [1.54, 1.807) is 19.5 Å². The normalized spacial score (nSPS) is 9.88. The van der Waals surface area contributed by atoms with Gasteiger partial charge in [-0.3, -0.25) is 4.98 Å². The van der Waals surface area contributed by atoms with Gasteiger partial charge in [0, 0.05) is 18.8 Å². The zero-order valence-electron chi connectivity index (χ0n) is 9.27. The van der Waals surface area contributed by atoms with Gasteiger partial charge >= 0.3 is 0 Å². The first-order chi connectivity index (χ1) is 7.83. The molecule has 2 rings (SSSR count). The van der Waals surface area contributed by atoms with Crippen LogP contribution in [0.2, 0.25) is 0 Å². The Morgan fingerprint density at radius 3 is 2.88 bits per heavy atom. The fourth-order valence-electron chi connectivity index (χ4n) is 1.41. The van der Waals surface area contributed by atoms with Gasteiger partial charge in [-0.2, -0.15) is 0 Å². The maximum Gasteiger partial charge on any atom is 0.137 e. The third kappa shape index (κ3) is 2.11. The first-order valence-electron chi connectivity index (χ1n) is 4.97. The summed E-state index contributed by atoms with van der Waals surface area (Å²) in [7, 11) is 3.47. The number of nitrogens with one attached hydrogen (secondary N) is 1. The van der Waals surface area contributed by atoms with Crippen LogP contribution in [0.4, 0.5) is 5.82 Å². The Labute approximate surface area is 94.3 Å². The summed E-state index contributed by atoms with van der Waals surface area (Å²) in [4.78, 5) is 8.53. The third-order valence-electron chi connectivity index (χ3n) is 2.25. The average Bonchev–Trinajstić information content (AvgIpc) is 2.39. The van der Waals surface area contributed by atoms with Crippen molar-refractivity contribution >= 4 is 5.82 Å². The predicted octanol–water partition coefficient (Wildman–Crippen LogP) is 2.19. The minimum Gasteiger partial charge on any atom is -0.495 e. The number of pyridine rings is 2. The molecule has 2 aromatic heterocycles. The van der Waals surface area contributed by atoms with E-state index in [1.165, 1.54) is 0 Å². The van der Waals surface area contributed by atoms with Crippen molar-refractivity contribution in [3.63, 3.8) is 0 Å². The van der Waals surface area contributed by atoms with Crippen molar-refractivity contribution < 1.29 is 4.74 Å². The first kappa shape index (κ1) is 10.4. The van der Waals surface area contributed by atoms with Gasteiger partial charge in [0.25, 0.3) is 0 Å². The lowest BCUT2D eigenvalue weighted by Gasteiger charge is -2.05. The number of nitrogens with zero attached hydrogens (tertiary/aromatic N) is 2. The third-order valence-corrected chi connectivity index (χ3v) is 2.25. The van der Waals surface area contributed by atoms with Gasteiger partial charge in [-0.05, 0) is 18.2 Å². The van der Waals surface area contributed by atoms with E-state index < -0.39 is 0 Å². The molecular formula is C12H13N3O. The minimum absolute atomic E-state index is 0.731. The second-order valence-electron chi connectivity index (χ2n) is 3.27. The van der Waals surface area contributed by atoms with Gasteiger partial charge in [-0.25, -0.2) is 4.98 Å². The molecule has 0 fully saturated rings.